The van der Waals surface area contributed by atoms with Gasteiger partial charge in [0.2, 0.25) is 0 Å². The molecule has 1 atom stereocenters. The van der Waals surface area contributed by atoms with Gasteiger partial charge in [0.05, 0.1) is 6.04 Å². The first-order valence-corrected chi connectivity index (χ1v) is 10.4. The fourth-order valence-corrected chi connectivity index (χ4v) is 4.01. The Bertz CT molecular complexity index is 1070. The molecule has 29 heavy (non-hydrogen) atoms. The molecule has 3 aromatic carbocycles. The van der Waals surface area contributed by atoms with Crippen molar-refractivity contribution in [2.24, 2.45) is 0 Å². The summed E-state index contributed by atoms with van der Waals surface area (Å²) in [6, 6.07) is 22.7. The van der Waals surface area contributed by atoms with E-state index in [1.807, 2.05) is 67.6 Å². The summed E-state index contributed by atoms with van der Waals surface area (Å²) in [5.41, 5.74) is 4.48. The summed E-state index contributed by atoms with van der Waals surface area (Å²) in [5.74, 6) is -0.587. The van der Waals surface area contributed by atoms with E-state index in [1.165, 1.54) is 0 Å². The number of aliphatic hydroxyl groups is 1. The van der Waals surface area contributed by atoms with Crippen LogP contribution >= 0.6 is 27.5 Å². The summed E-state index contributed by atoms with van der Waals surface area (Å²) < 4.78 is 0.955. The molecule has 5 heteroatoms. The van der Waals surface area contributed by atoms with Crippen LogP contribution in [-0.2, 0) is 11.3 Å². The van der Waals surface area contributed by atoms with Crippen LogP contribution in [0.1, 0.15) is 28.3 Å². The van der Waals surface area contributed by atoms with Gasteiger partial charge in [-0.2, -0.15) is 0 Å². The maximum Gasteiger partial charge on any atom is 0.290 e. The molecule has 4 rings (SSSR count). The van der Waals surface area contributed by atoms with Crippen LogP contribution in [-0.4, -0.2) is 15.9 Å². The Hall–Kier alpha value is -2.56. The first-order valence-electron chi connectivity index (χ1n) is 9.25. The molecule has 1 aliphatic heterocycles. The second-order valence-corrected chi connectivity index (χ2v) is 8.49. The molecule has 1 unspecified atom stereocenters. The number of carbonyl (C=O) groups is 1. The number of amides is 1. The number of rotatable bonds is 4. The van der Waals surface area contributed by atoms with E-state index in [2.05, 4.69) is 15.9 Å². The highest BCUT2D eigenvalue weighted by Gasteiger charge is 2.40. The van der Waals surface area contributed by atoms with Crippen molar-refractivity contribution in [3.8, 4) is 0 Å². The van der Waals surface area contributed by atoms with Crippen molar-refractivity contribution in [2.75, 3.05) is 0 Å². The molecule has 1 N–H and O–H groups in total. The minimum absolute atomic E-state index is 0.215. The van der Waals surface area contributed by atoms with Crippen LogP contribution in [0.3, 0.4) is 0 Å². The Kier molecular flexibility index (Phi) is 5.48. The van der Waals surface area contributed by atoms with Gasteiger partial charge in [0.15, 0.2) is 5.76 Å². The Balaban J connectivity index is 1.80. The predicted molar refractivity (Wildman–Crippen MR) is 120 cm³/mol. The van der Waals surface area contributed by atoms with E-state index in [0.29, 0.717) is 17.1 Å². The summed E-state index contributed by atoms with van der Waals surface area (Å²) in [5, 5.41) is 11.4. The lowest BCUT2D eigenvalue weighted by molar-refractivity contribution is -0.130. The van der Waals surface area contributed by atoms with Crippen molar-refractivity contribution in [3.63, 3.8) is 0 Å². The summed E-state index contributed by atoms with van der Waals surface area (Å²) in [6.45, 7) is 2.43. The number of hydrogen-bond acceptors (Lipinski definition) is 2. The highest BCUT2D eigenvalue weighted by atomic mass is 79.9. The molecule has 146 valence electrons. The maximum atomic E-state index is 13.1. The molecule has 3 aromatic rings. The minimum Gasteiger partial charge on any atom is -0.503 e. The number of nitrogens with zero attached hydrogens (tertiary/aromatic N) is 1. The van der Waals surface area contributed by atoms with Gasteiger partial charge in [-0.15, -0.1) is 0 Å². The third-order valence-electron chi connectivity index (χ3n) is 5.12. The molecule has 0 aliphatic carbocycles. The quantitative estimate of drug-likeness (QED) is 0.477. The first-order chi connectivity index (χ1) is 13.9. The smallest absolute Gasteiger partial charge is 0.290 e. The van der Waals surface area contributed by atoms with Gasteiger partial charge in [0.1, 0.15) is 0 Å². The molecule has 0 fully saturated rings. The summed E-state index contributed by atoms with van der Waals surface area (Å²) in [7, 11) is 0. The first kappa shape index (κ1) is 19.7. The van der Waals surface area contributed by atoms with Crippen LogP contribution in [0.4, 0.5) is 0 Å². The molecule has 0 bridgehead atoms. The molecular weight excluding hydrogens is 450 g/mol. The van der Waals surface area contributed by atoms with Gasteiger partial charge in [0, 0.05) is 21.6 Å². The molecule has 1 aliphatic rings. The zero-order valence-corrected chi connectivity index (χ0v) is 18.1. The lowest BCUT2D eigenvalue weighted by Crippen LogP contribution is -2.29. The zero-order valence-electron chi connectivity index (χ0n) is 15.8. The summed E-state index contributed by atoms with van der Waals surface area (Å²) in [6.07, 6.45) is 0. The number of hydrogen-bond donors (Lipinski definition) is 1. The fraction of sp³-hybridized carbons (Fsp3) is 0.125. The molecular formula is C24H19BrClNO2. The number of carbonyl (C=O) groups excluding carboxylic acids is 1. The summed E-state index contributed by atoms with van der Waals surface area (Å²) in [4.78, 5) is 14.8. The number of aryl methyl sites for hydroxylation is 1. The van der Waals surface area contributed by atoms with Crippen LogP contribution < -0.4 is 0 Å². The van der Waals surface area contributed by atoms with Crippen molar-refractivity contribution in [2.45, 2.75) is 19.5 Å². The van der Waals surface area contributed by atoms with E-state index in [-0.39, 0.29) is 11.7 Å². The average molecular weight is 469 g/mol. The van der Waals surface area contributed by atoms with Crippen LogP contribution in [0.25, 0.3) is 5.57 Å². The Morgan fingerprint density at radius 3 is 2.21 bits per heavy atom. The standard InChI is InChI=1S/C24H19BrClNO2/c1-15-2-4-16(5-3-15)14-27-22(18-6-10-19(25)11-7-18)21(23(28)24(27)29)17-8-12-20(26)13-9-17/h2-13,22,28H,14H2,1H3. The van der Waals surface area contributed by atoms with E-state index < -0.39 is 6.04 Å². The molecule has 1 amide bonds. The monoisotopic (exact) mass is 467 g/mol. The van der Waals surface area contributed by atoms with Crippen LogP contribution in [0.2, 0.25) is 5.02 Å². The largest absolute Gasteiger partial charge is 0.503 e. The molecule has 0 saturated carbocycles. The van der Waals surface area contributed by atoms with E-state index in [0.717, 1.165) is 26.7 Å². The van der Waals surface area contributed by atoms with Crippen molar-refractivity contribution in [1.82, 2.24) is 4.90 Å². The van der Waals surface area contributed by atoms with E-state index in [9.17, 15) is 9.90 Å². The molecule has 1 heterocycles. The van der Waals surface area contributed by atoms with Gasteiger partial charge >= 0.3 is 0 Å². The normalized spacial score (nSPS) is 16.6. The number of aliphatic hydroxyl groups excluding tert-OH is 1. The van der Waals surface area contributed by atoms with E-state index >= 15 is 0 Å². The highest BCUT2D eigenvalue weighted by Crippen LogP contribution is 2.44. The molecule has 0 spiro atoms. The second-order valence-electron chi connectivity index (χ2n) is 7.14. The number of halogens is 2. The molecule has 0 radical (unpaired) electrons. The predicted octanol–water partition coefficient (Wildman–Crippen LogP) is 6.46. The Labute approximate surface area is 183 Å². The molecule has 0 aromatic heterocycles. The molecule has 0 saturated heterocycles. The van der Waals surface area contributed by atoms with Crippen LogP contribution in [0.5, 0.6) is 0 Å². The van der Waals surface area contributed by atoms with Gasteiger partial charge in [-0.25, -0.2) is 0 Å². The third kappa shape index (κ3) is 3.96. The van der Waals surface area contributed by atoms with Gasteiger partial charge in [-0.05, 0) is 47.9 Å². The van der Waals surface area contributed by atoms with Crippen molar-refractivity contribution >= 4 is 39.0 Å². The van der Waals surface area contributed by atoms with Crippen molar-refractivity contribution < 1.29 is 9.90 Å². The van der Waals surface area contributed by atoms with Crippen molar-refractivity contribution in [1.29, 1.82) is 0 Å². The lowest BCUT2D eigenvalue weighted by atomic mass is 9.93. The van der Waals surface area contributed by atoms with Gasteiger partial charge < -0.3 is 10.0 Å². The number of benzene rings is 3. The SMILES string of the molecule is Cc1ccc(CN2C(=O)C(O)=C(c3ccc(Cl)cc3)C2c2ccc(Br)cc2)cc1. The highest BCUT2D eigenvalue weighted by molar-refractivity contribution is 9.10. The second kappa shape index (κ2) is 8.05. The van der Waals surface area contributed by atoms with Crippen LogP contribution in [0.15, 0.2) is 83.0 Å². The zero-order chi connectivity index (χ0) is 20.5. The Morgan fingerprint density at radius 1 is 0.966 bits per heavy atom. The Morgan fingerprint density at radius 2 is 1.59 bits per heavy atom. The van der Waals surface area contributed by atoms with E-state index in [1.54, 1.807) is 17.0 Å². The minimum atomic E-state index is -0.391. The van der Waals surface area contributed by atoms with Gasteiger partial charge in [0.25, 0.3) is 5.91 Å². The van der Waals surface area contributed by atoms with Crippen molar-refractivity contribution in [3.05, 3.63) is 110 Å². The van der Waals surface area contributed by atoms with Gasteiger partial charge in [-0.1, -0.05) is 81.6 Å². The molecule has 3 nitrogen and oxygen atoms in total. The maximum absolute atomic E-state index is 13.1. The summed E-state index contributed by atoms with van der Waals surface area (Å²) >= 11 is 9.51. The van der Waals surface area contributed by atoms with E-state index in [4.69, 9.17) is 11.6 Å². The third-order valence-corrected chi connectivity index (χ3v) is 5.90. The van der Waals surface area contributed by atoms with Gasteiger partial charge in [-0.3, -0.25) is 4.79 Å². The fourth-order valence-electron chi connectivity index (χ4n) is 3.62. The average Bonchev–Trinajstić information content (AvgIpc) is 2.96. The lowest BCUT2D eigenvalue weighted by Gasteiger charge is -2.27. The topological polar surface area (TPSA) is 40.5 Å². The van der Waals surface area contributed by atoms with Crippen LogP contribution in [0, 0.1) is 6.92 Å².